The van der Waals surface area contributed by atoms with E-state index in [2.05, 4.69) is 28.3 Å². The normalized spacial score (nSPS) is 10.9. The number of thiazole rings is 1. The molecule has 4 nitrogen and oxygen atoms in total. The molecule has 0 bridgehead atoms. The Hall–Kier alpha value is -1.30. The Bertz CT molecular complexity index is 510. The molecular weight excluding hydrogens is 270 g/mol. The molecule has 5 heteroatoms. The van der Waals surface area contributed by atoms with Gasteiger partial charge in [-0.3, -0.25) is 4.98 Å². The van der Waals surface area contributed by atoms with Gasteiger partial charge in [0, 0.05) is 24.0 Å². The zero-order chi connectivity index (χ0) is 14.2. The molecule has 0 fully saturated rings. The second kappa shape index (κ2) is 8.09. The van der Waals surface area contributed by atoms with Gasteiger partial charge in [0.15, 0.2) is 0 Å². The van der Waals surface area contributed by atoms with Crippen molar-refractivity contribution in [3.05, 3.63) is 45.7 Å². The smallest absolute Gasteiger partial charge is 0.0887 e. The van der Waals surface area contributed by atoms with Gasteiger partial charge >= 0.3 is 0 Å². The third-order valence-electron chi connectivity index (χ3n) is 3.03. The van der Waals surface area contributed by atoms with Crippen molar-refractivity contribution in [3.63, 3.8) is 0 Å². The molecule has 0 aliphatic heterocycles. The van der Waals surface area contributed by atoms with Crippen LogP contribution in [0, 0.1) is 6.92 Å². The van der Waals surface area contributed by atoms with Gasteiger partial charge in [-0.25, -0.2) is 4.98 Å². The number of aryl methyl sites for hydroxylation is 1. The average Bonchev–Trinajstić information content (AvgIpc) is 2.88. The second-order valence-electron chi connectivity index (χ2n) is 4.60. The summed E-state index contributed by atoms with van der Waals surface area (Å²) in [4.78, 5) is 9.95. The topological polar surface area (TPSA) is 47.0 Å². The first-order chi connectivity index (χ1) is 9.79. The van der Waals surface area contributed by atoms with Crippen LogP contribution < -0.4 is 5.32 Å². The lowest BCUT2D eigenvalue weighted by atomic mass is 10.2. The number of hydrogen-bond donors (Lipinski definition) is 1. The SMILES string of the molecule is CCNCc1ccc(COCCc2scnc2C)nc1. The summed E-state index contributed by atoms with van der Waals surface area (Å²) in [5.74, 6) is 0. The number of nitrogens with one attached hydrogen (secondary N) is 1. The highest BCUT2D eigenvalue weighted by atomic mass is 32.1. The molecule has 0 aromatic carbocycles. The lowest BCUT2D eigenvalue weighted by Gasteiger charge is -2.05. The van der Waals surface area contributed by atoms with Gasteiger partial charge in [0.2, 0.25) is 0 Å². The minimum atomic E-state index is 0.569. The van der Waals surface area contributed by atoms with E-state index in [-0.39, 0.29) is 0 Å². The van der Waals surface area contributed by atoms with Crippen molar-refractivity contribution >= 4 is 11.3 Å². The number of pyridine rings is 1. The summed E-state index contributed by atoms with van der Waals surface area (Å²) >= 11 is 1.69. The lowest BCUT2D eigenvalue weighted by molar-refractivity contribution is 0.121. The molecule has 0 saturated carbocycles. The van der Waals surface area contributed by atoms with Crippen molar-refractivity contribution in [1.82, 2.24) is 15.3 Å². The Labute approximate surface area is 124 Å². The first-order valence-corrected chi connectivity index (χ1v) is 7.78. The summed E-state index contributed by atoms with van der Waals surface area (Å²) in [5, 5.41) is 3.28. The van der Waals surface area contributed by atoms with Gasteiger partial charge < -0.3 is 10.1 Å². The Morgan fingerprint density at radius 1 is 1.30 bits per heavy atom. The van der Waals surface area contributed by atoms with E-state index in [1.165, 1.54) is 10.4 Å². The predicted octanol–water partition coefficient (Wildman–Crippen LogP) is 2.72. The van der Waals surface area contributed by atoms with Gasteiger partial charge in [0.25, 0.3) is 0 Å². The maximum absolute atomic E-state index is 5.67. The van der Waals surface area contributed by atoms with Crippen LogP contribution in [0.2, 0.25) is 0 Å². The predicted molar refractivity (Wildman–Crippen MR) is 81.8 cm³/mol. The van der Waals surface area contributed by atoms with Gasteiger partial charge in [0.05, 0.1) is 30.1 Å². The molecule has 0 amide bonds. The Balaban J connectivity index is 1.70. The van der Waals surface area contributed by atoms with Crippen LogP contribution in [0.1, 0.15) is 28.8 Å². The van der Waals surface area contributed by atoms with Crippen LogP contribution in [-0.2, 0) is 24.3 Å². The van der Waals surface area contributed by atoms with Crippen LogP contribution in [0.5, 0.6) is 0 Å². The number of aromatic nitrogens is 2. The standard InChI is InChI=1S/C15H21N3OS/c1-3-16-8-13-4-5-14(17-9-13)10-19-7-6-15-12(2)18-11-20-15/h4-5,9,11,16H,3,6-8,10H2,1-2H3. The molecule has 2 aromatic rings. The molecule has 2 heterocycles. The van der Waals surface area contributed by atoms with Crippen LogP contribution in [0.4, 0.5) is 0 Å². The minimum Gasteiger partial charge on any atom is -0.375 e. The molecule has 0 spiro atoms. The van der Waals surface area contributed by atoms with E-state index in [9.17, 15) is 0 Å². The molecule has 0 aliphatic carbocycles. The zero-order valence-electron chi connectivity index (χ0n) is 12.1. The highest BCUT2D eigenvalue weighted by Crippen LogP contribution is 2.12. The fourth-order valence-electron chi connectivity index (χ4n) is 1.82. The summed E-state index contributed by atoms with van der Waals surface area (Å²) in [5.41, 5.74) is 5.18. The molecule has 0 saturated heterocycles. The van der Waals surface area contributed by atoms with E-state index in [0.29, 0.717) is 13.2 Å². The van der Waals surface area contributed by atoms with Crippen molar-refractivity contribution in [2.45, 2.75) is 33.4 Å². The van der Waals surface area contributed by atoms with E-state index < -0.39 is 0 Å². The first kappa shape index (κ1) is 15.1. The lowest BCUT2D eigenvalue weighted by Crippen LogP contribution is -2.12. The maximum atomic E-state index is 5.67. The number of rotatable bonds is 8. The van der Waals surface area contributed by atoms with Crippen LogP contribution in [-0.4, -0.2) is 23.1 Å². The van der Waals surface area contributed by atoms with Crippen molar-refractivity contribution in [1.29, 1.82) is 0 Å². The molecule has 2 rings (SSSR count). The Kier molecular flexibility index (Phi) is 6.11. The highest BCUT2D eigenvalue weighted by Gasteiger charge is 2.01. The number of hydrogen-bond acceptors (Lipinski definition) is 5. The summed E-state index contributed by atoms with van der Waals surface area (Å²) < 4.78 is 5.67. The Morgan fingerprint density at radius 3 is 2.85 bits per heavy atom. The molecule has 20 heavy (non-hydrogen) atoms. The summed E-state index contributed by atoms with van der Waals surface area (Å²) in [6.07, 6.45) is 2.84. The first-order valence-electron chi connectivity index (χ1n) is 6.91. The number of ether oxygens (including phenoxy) is 1. The fourth-order valence-corrected chi connectivity index (χ4v) is 2.58. The van der Waals surface area contributed by atoms with Crippen molar-refractivity contribution in [2.24, 2.45) is 0 Å². The summed E-state index contributed by atoms with van der Waals surface area (Å²) in [6, 6.07) is 4.13. The van der Waals surface area contributed by atoms with Crippen LogP contribution >= 0.6 is 11.3 Å². The molecule has 0 radical (unpaired) electrons. The molecular formula is C15H21N3OS. The highest BCUT2D eigenvalue weighted by molar-refractivity contribution is 7.09. The maximum Gasteiger partial charge on any atom is 0.0887 e. The van der Waals surface area contributed by atoms with E-state index in [1.807, 2.05) is 24.7 Å². The minimum absolute atomic E-state index is 0.569. The van der Waals surface area contributed by atoms with Gasteiger partial charge in [-0.05, 0) is 25.1 Å². The molecule has 2 aromatic heterocycles. The quantitative estimate of drug-likeness (QED) is 0.760. The fraction of sp³-hybridized carbons (Fsp3) is 0.467. The second-order valence-corrected chi connectivity index (χ2v) is 5.54. The van der Waals surface area contributed by atoms with Crippen LogP contribution in [0.3, 0.4) is 0 Å². The zero-order valence-corrected chi connectivity index (χ0v) is 12.9. The van der Waals surface area contributed by atoms with E-state index >= 15 is 0 Å². The third kappa shape index (κ3) is 4.67. The van der Waals surface area contributed by atoms with Gasteiger partial charge in [-0.2, -0.15) is 0 Å². The largest absolute Gasteiger partial charge is 0.375 e. The third-order valence-corrected chi connectivity index (χ3v) is 4.03. The van der Waals surface area contributed by atoms with E-state index in [4.69, 9.17) is 4.74 Å². The molecule has 0 atom stereocenters. The average molecular weight is 291 g/mol. The van der Waals surface area contributed by atoms with Crippen molar-refractivity contribution < 1.29 is 4.74 Å². The molecule has 1 N–H and O–H groups in total. The monoisotopic (exact) mass is 291 g/mol. The van der Waals surface area contributed by atoms with Crippen molar-refractivity contribution in [2.75, 3.05) is 13.2 Å². The van der Waals surface area contributed by atoms with E-state index in [1.54, 1.807) is 11.3 Å². The van der Waals surface area contributed by atoms with Crippen LogP contribution in [0.25, 0.3) is 0 Å². The summed E-state index contributed by atoms with van der Waals surface area (Å²) in [6.45, 7) is 7.26. The van der Waals surface area contributed by atoms with Gasteiger partial charge in [-0.15, -0.1) is 11.3 Å². The van der Waals surface area contributed by atoms with Gasteiger partial charge in [0.1, 0.15) is 0 Å². The number of nitrogens with zero attached hydrogens (tertiary/aromatic N) is 2. The molecule has 0 aliphatic rings. The molecule has 0 unspecified atom stereocenters. The van der Waals surface area contributed by atoms with E-state index in [0.717, 1.165) is 30.9 Å². The Morgan fingerprint density at radius 2 is 2.20 bits per heavy atom. The molecule has 108 valence electrons. The summed E-state index contributed by atoms with van der Waals surface area (Å²) in [7, 11) is 0. The van der Waals surface area contributed by atoms with Crippen molar-refractivity contribution in [3.8, 4) is 0 Å². The van der Waals surface area contributed by atoms with Crippen LogP contribution in [0.15, 0.2) is 23.8 Å². The van der Waals surface area contributed by atoms with Gasteiger partial charge in [-0.1, -0.05) is 13.0 Å².